The molecule has 0 radical (unpaired) electrons. The fourth-order valence-electron chi connectivity index (χ4n) is 3.27. The van der Waals surface area contributed by atoms with Crippen molar-refractivity contribution in [2.45, 2.75) is 13.5 Å². The summed E-state index contributed by atoms with van der Waals surface area (Å²) in [7, 11) is 0. The largest absolute Gasteiger partial charge is 0.484 e. The molecular weight excluding hydrogens is 507 g/mol. The fourth-order valence-corrected chi connectivity index (χ4v) is 4.63. The summed E-state index contributed by atoms with van der Waals surface area (Å²) in [4.78, 5) is 38.8. The lowest BCUT2D eigenvalue weighted by Gasteiger charge is -2.14. The number of anilines is 1. The summed E-state index contributed by atoms with van der Waals surface area (Å²) in [5.74, 6) is -0.183. The number of imide groups is 1. The third-order valence-electron chi connectivity index (χ3n) is 5.13. The van der Waals surface area contributed by atoms with Gasteiger partial charge in [0.15, 0.2) is 6.61 Å². The van der Waals surface area contributed by atoms with Crippen molar-refractivity contribution in [3.8, 4) is 5.75 Å². The Morgan fingerprint density at radius 3 is 2.31 bits per heavy atom. The van der Waals surface area contributed by atoms with Crippen LogP contribution in [0.25, 0.3) is 6.08 Å². The zero-order chi connectivity index (χ0) is 24.9. The highest BCUT2D eigenvalue weighted by atomic mass is 35.5. The number of aryl methyl sites for hydroxylation is 1. The van der Waals surface area contributed by atoms with Crippen LogP contribution in [-0.2, 0) is 16.1 Å². The van der Waals surface area contributed by atoms with Crippen LogP contribution in [-0.4, -0.2) is 28.6 Å². The number of rotatable bonds is 7. The Morgan fingerprint density at radius 1 is 1.00 bits per heavy atom. The van der Waals surface area contributed by atoms with Crippen molar-refractivity contribution in [1.29, 1.82) is 0 Å². The lowest BCUT2D eigenvalue weighted by atomic mass is 10.2. The first-order chi connectivity index (χ1) is 16.8. The van der Waals surface area contributed by atoms with Crippen LogP contribution in [0.2, 0.25) is 10.0 Å². The lowest BCUT2D eigenvalue weighted by molar-refractivity contribution is -0.123. The molecule has 1 fully saturated rings. The van der Waals surface area contributed by atoms with Crippen LogP contribution in [0.15, 0.2) is 71.6 Å². The molecule has 1 N–H and O–H groups in total. The summed E-state index contributed by atoms with van der Waals surface area (Å²) in [6.45, 7) is 1.83. The molecule has 178 valence electrons. The fraction of sp³-hybridized carbons (Fsp3) is 0.115. The minimum absolute atomic E-state index is 0.00204. The third kappa shape index (κ3) is 6.25. The van der Waals surface area contributed by atoms with E-state index >= 15 is 0 Å². The molecule has 3 aromatic rings. The Labute approximate surface area is 216 Å². The average molecular weight is 527 g/mol. The van der Waals surface area contributed by atoms with Crippen LogP contribution in [0, 0.1) is 6.92 Å². The number of thioether (sulfide) groups is 1. The maximum atomic E-state index is 12.8. The van der Waals surface area contributed by atoms with E-state index in [1.54, 1.807) is 48.5 Å². The van der Waals surface area contributed by atoms with E-state index in [0.717, 1.165) is 22.2 Å². The third-order valence-corrected chi connectivity index (χ3v) is 6.75. The first-order valence-electron chi connectivity index (χ1n) is 10.6. The number of halogens is 2. The van der Waals surface area contributed by atoms with Crippen molar-refractivity contribution in [3.05, 3.63) is 98.4 Å². The second kappa shape index (κ2) is 11.0. The van der Waals surface area contributed by atoms with Gasteiger partial charge < -0.3 is 10.1 Å². The van der Waals surface area contributed by atoms with Gasteiger partial charge in [0.2, 0.25) is 0 Å². The van der Waals surface area contributed by atoms with Crippen LogP contribution >= 0.6 is 35.0 Å². The highest BCUT2D eigenvalue weighted by Crippen LogP contribution is 2.35. The Hall–Kier alpha value is -3.26. The molecule has 3 amide bonds. The molecule has 0 spiro atoms. The number of nitrogens with one attached hydrogen (secondary N) is 1. The molecular formula is C26H20Cl2N2O4S. The van der Waals surface area contributed by atoms with Crippen molar-refractivity contribution in [3.63, 3.8) is 0 Å². The van der Waals surface area contributed by atoms with Gasteiger partial charge in [-0.25, -0.2) is 0 Å². The van der Waals surface area contributed by atoms with Gasteiger partial charge in [0.25, 0.3) is 17.1 Å². The number of carbonyl (C=O) groups is 3. The normalized spacial score (nSPS) is 14.5. The first kappa shape index (κ1) is 24.9. The Bertz CT molecular complexity index is 1290. The maximum Gasteiger partial charge on any atom is 0.293 e. The topological polar surface area (TPSA) is 75.7 Å². The molecule has 1 heterocycles. The van der Waals surface area contributed by atoms with Gasteiger partial charge in [-0.2, -0.15) is 0 Å². The smallest absolute Gasteiger partial charge is 0.293 e. The van der Waals surface area contributed by atoms with Crippen LogP contribution < -0.4 is 10.1 Å². The minimum Gasteiger partial charge on any atom is -0.484 e. The van der Waals surface area contributed by atoms with Gasteiger partial charge in [-0.05, 0) is 66.7 Å². The van der Waals surface area contributed by atoms with Gasteiger partial charge in [0.1, 0.15) is 5.75 Å². The van der Waals surface area contributed by atoms with Crippen molar-refractivity contribution in [2.24, 2.45) is 0 Å². The molecule has 1 aliphatic heterocycles. The SMILES string of the molecule is Cc1ccc(NC(=O)COc2ccc(/C=C3\SC(=O)N(Cc4c(Cl)cccc4Cl)C3=O)cc2)cc1. The lowest BCUT2D eigenvalue weighted by Crippen LogP contribution is -2.27. The molecule has 1 saturated heterocycles. The summed E-state index contributed by atoms with van der Waals surface area (Å²) in [5.41, 5.74) is 3.04. The number of hydrogen-bond acceptors (Lipinski definition) is 5. The molecule has 35 heavy (non-hydrogen) atoms. The quantitative estimate of drug-likeness (QED) is 0.353. The molecule has 3 aromatic carbocycles. The van der Waals surface area contributed by atoms with Gasteiger partial charge in [-0.3, -0.25) is 19.3 Å². The molecule has 0 saturated carbocycles. The van der Waals surface area contributed by atoms with Crippen molar-refractivity contribution >= 4 is 63.8 Å². The second-order valence-corrected chi connectivity index (χ2v) is 9.55. The van der Waals surface area contributed by atoms with E-state index in [2.05, 4.69) is 5.32 Å². The van der Waals surface area contributed by atoms with E-state index < -0.39 is 11.1 Å². The number of ether oxygens (including phenoxy) is 1. The summed E-state index contributed by atoms with van der Waals surface area (Å²) in [6, 6.07) is 19.4. The monoisotopic (exact) mass is 526 g/mol. The number of carbonyl (C=O) groups excluding carboxylic acids is 3. The molecule has 1 aliphatic rings. The zero-order valence-electron chi connectivity index (χ0n) is 18.6. The van der Waals surface area contributed by atoms with E-state index in [0.29, 0.717) is 37.5 Å². The number of nitrogens with zero attached hydrogens (tertiary/aromatic N) is 1. The second-order valence-electron chi connectivity index (χ2n) is 7.74. The summed E-state index contributed by atoms with van der Waals surface area (Å²) >= 11 is 13.2. The summed E-state index contributed by atoms with van der Waals surface area (Å²) < 4.78 is 5.54. The predicted molar refractivity (Wildman–Crippen MR) is 140 cm³/mol. The molecule has 0 atom stereocenters. The molecule has 0 unspecified atom stereocenters. The molecule has 9 heteroatoms. The molecule has 4 rings (SSSR count). The van der Waals surface area contributed by atoms with Crippen molar-refractivity contribution in [2.75, 3.05) is 11.9 Å². The van der Waals surface area contributed by atoms with Crippen LogP contribution in [0.1, 0.15) is 16.7 Å². The molecule has 0 aliphatic carbocycles. The Balaban J connectivity index is 1.36. The van der Waals surface area contributed by atoms with Crippen LogP contribution in [0.4, 0.5) is 10.5 Å². The van der Waals surface area contributed by atoms with Gasteiger partial charge >= 0.3 is 0 Å². The van der Waals surface area contributed by atoms with E-state index in [4.69, 9.17) is 27.9 Å². The number of benzene rings is 3. The van der Waals surface area contributed by atoms with Crippen molar-refractivity contribution < 1.29 is 19.1 Å². The standard InChI is InChI=1S/C26H20Cl2N2O4S/c1-16-5-9-18(10-6-16)29-24(31)15-34-19-11-7-17(8-12-19)13-23-25(32)30(26(33)35-23)14-20-21(27)3-2-4-22(20)28/h2-13H,14-15H2,1H3,(H,29,31)/b23-13-. The van der Waals surface area contributed by atoms with E-state index in [1.807, 2.05) is 31.2 Å². The van der Waals surface area contributed by atoms with E-state index in [-0.39, 0.29) is 19.1 Å². The van der Waals surface area contributed by atoms with Gasteiger partial charge in [0, 0.05) is 21.3 Å². The minimum atomic E-state index is -0.413. The molecule has 0 aromatic heterocycles. The first-order valence-corrected chi connectivity index (χ1v) is 12.1. The summed E-state index contributed by atoms with van der Waals surface area (Å²) in [6.07, 6.45) is 1.63. The summed E-state index contributed by atoms with van der Waals surface area (Å²) in [5, 5.41) is 3.16. The maximum absolute atomic E-state index is 12.8. The molecule has 0 bridgehead atoms. The Kier molecular flexibility index (Phi) is 7.80. The van der Waals surface area contributed by atoms with E-state index in [9.17, 15) is 14.4 Å². The van der Waals surface area contributed by atoms with Gasteiger partial charge in [-0.1, -0.05) is 59.1 Å². The van der Waals surface area contributed by atoms with Gasteiger partial charge in [-0.15, -0.1) is 0 Å². The molecule has 6 nitrogen and oxygen atoms in total. The average Bonchev–Trinajstić information content (AvgIpc) is 3.09. The zero-order valence-corrected chi connectivity index (χ0v) is 20.9. The predicted octanol–water partition coefficient (Wildman–Crippen LogP) is 6.56. The van der Waals surface area contributed by atoms with Crippen LogP contribution in [0.5, 0.6) is 5.75 Å². The number of hydrogen-bond donors (Lipinski definition) is 1. The van der Waals surface area contributed by atoms with Crippen LogP contribution in [0.3, 0.4) is 0 Å². The van der Waals surface area contributed by atoms with Crippen molar-refractivity contribution in [1.82, 2.24) is 4.90 Å². The Morgan fingerprint density at radius 2 is 1.66 bits per heavy atom. The highest BCUT2D eigenvalue weighted by Gasteiger charge is 2.35. The number of amides is 3. The van der Waals surface area contributed by atoms with E-state index in [1.165, 1.54) is 0 Å². The van der Waals surface area contributed by atoms with Gasteiger partial charge in [0.05, 0.1) is 11.4 Å². The highest BCUT2D eigenvalue weighted by molar-refractivity contribution is 8.18.